The van der Waals surface area contributed by atoms with Crippen LogP contribution < -0.4 is 0 Å². The van der Waals surface area contributed by atoms with Gasteiger partial charge in [-0.05, 0) is 37.8 Å². The molecule has 1 atom stereocenters. The van der Waals surface area contributed by atoms with Crippen molar-refractivity contribution in [1.82, 2.24) is 14.8 Å². The molecule has 2 amide bonds. The average molecular weight is 379 g/mol. The quantitative estimate of drug-likeness (QED) is 0.775. The van der Waals surface area contributed by atoms with Gasteiger partial charge < -0.3 is 19.3 Å². The Balaban J connectivity index is 1.76. The summed E-state index contributed by atoms with van der Waals surface area (Å²) in [7, 11) is 1.50. The lowest BCUT2D eigenvalue weighted by molar-refractivity contribution is -0.143. The number of likely N-dealkylation sites (tertiary alicyclic amines) is 1. The molecule has 0 aromatic carbocycles. The molecule has 1 unspecified atom stereocenters. The van der Waals surface area contributed by atoms with Crippen molar-refractivity contribution in [2.75, 3.05) is 40.0 Å². The van der Waals surface area contributed by atoms with E-state index in [1.54, 1.807) is 4.90 Å². The van der Waals surface area contributed by atoms with Crippen LogP contribution in [0.5, 0.6) is 0 Å². The highest BCUT2D eigenvalue weighted by atomic mass is 19.1. The van der Waals surface area contributed by atoms with E-state index in [-0.39, 0.29) is 30.3 Å². The van der Waals surface area contributed by atoms with Gasteiger partial charge in [0.15, 0.2) is 11.5 Å². The Morgan fingerprint density at radius 1 is 1.33 bits per heavy atom. The van der Waals surface area contributed by atoms with E-state index in [1.807, 2.05) is 4.90 Å². The van der Waals surface area contributed by atoms with Crippen LogP contribution in [0, 0.1) is 5.82 Å². The highest BCUT2D eigenvalue weighted by Crippen LogP contribution is 2.24. The third-order valence-electron chi connectivity index (χ3n) is 5.18. The summed E-state index contributed by atoms with van der Waals surface area (Å²) < 4.78 is 24.5. The lowest BCUT2D eigenvalue weighted by atomic mass is 9.98. The molecule has 1 aromatic heterocycles. The number of nitrogens with zero attached hydrogens (tertiary/aromatic N) is 3. The summed E-state index contributed by atoms with van der Waals surface area (Å²) in [5.74, 6) is -1.13. The number of aromatic nitrogens is 1. The summed E-state index contributed by atoms with van der Waals surface area (Å²) in [6.45, 7) is 2.16. The maximum Gasteiger partial charge on any atom is 0.275 e. The molecule has 1 aromatic rings. The fourth-order valence-corrected chi connectivity index (χ4v) is 3.93. The minimum Gasteiger partial charge on any atom is -0.381 e. The van der Waals surface area contributed by atoms with E-state index in [0.29, 0.717) is 26.3 Å². The van der Waals surface area contributed by atoms with Crippen LogP contribution in [0.3, 0.4) is 0 Å². The maximum absolute atomic E-state index is 14.0. The molecule has 2 fully saturated rings. The first-order valence-electron chi connectivity index (χ1n) is 9.39. The van der Waals surface area contributed by atoms with Gasteiger partial charge in [-0.3, -0.25) is 9.59 Å². The van der Waals surface area contributed by atoms with Crippen LogP contribution in [0.2, 0.25) is 0 Å². The van der Waals surface area contributed by atoms with Gasteiger partial charge in [0.05, 0.1) is 0 Å². The molecule has 3 heterocycles. The summed E-state index contributed by atoms with van der Waals surface area (Å²) in [6.07, 6.45) is 4.52. The van der Waals surface area contributed by atoms with Gasteiger partial charge in [-0.2, -0.15) is 0 Å². The van der Waals surface area contributed by atoms with Crippen molar-refractivity contribution in [3.63, 3.8) is 0 Å². The number of amides is 2. The van der Waals surface area contributed by atoms with Gasteiger partial charge in [0.25, 0.3) is 5.91 Å². The zero-order valence-electron chi connectivity index (χ0n) is 15.6. The zero-order chi connectivity index (χ0) is 19.2. The van der Waals surface area contributed by atoms with Gasteiger partial charge in [0.2, 0.25) is 5.91 Å². The first-order valence-corrected chi connectivity index (χ1v) is 9.39. The lowest BCUT2D eigenvalue weighted by Gasteiger charge is -2.44. The maximum atomic E-state index is 14.0. The van der Waals surface area contributed by atoms with E-state index in [1.165, 1.54) is 25.4 Å². The number of hydrogen-bond donors (Lipinski definition) is 0. The topological polar surface area (TPSA) is 72.0 Å². The fourth-order valence-electron chi connectivity index (χ4n) is 3.93. The van der Waals surface area contributed by atoms with Crippen molar-refractivity contribution in [3.8, 4) is 0 Å². The third kappa shape index (κ3) is 4.62. The van der Waals surface area contributed by atoms with Crippen LogP contribution in [0.4, 0.5) is 4.39 Å². The molecule has 2 saturated heterocycles. The zero-order valence-corrected chi connectivity index (χ0v) is 15.6. The minimum atomic E-state index is -0.624. The third-order valence-corrected chi connectivity index (χ3v) is 5.18. The van der Waals surface area contributed by atoms with Crippen LogP contribution in [0.15, 0.2) is 18.3 Å². The summed E-state index contributed by atoms with van der Waals surface area (Å²) in [5, 5.41) is 0. The van der Waals surface area contributed by atoms with E-state index in [0.717, 1.165) is 25.7 Å². The predicted octanol–water partition coefficient (Wildman–Crippen LogP) is 1.48. The number of pyridine rings is 1. The fraction of sp³-hybridized carbons (Fsp3) is 0.632. The summed E-state index contributed by atoms with van der Waals surface area (Å²) in [5.41, 5.74) is -0.168. The molecule has 0 saturated carbocycles. The molecule has 0 spiro atoms. The summed E-state index contributed by atoms with van der Waals surface area (Å²) >= 11 is 0. The molecule has 148 valence electrons. The van der Waals surface area contributed by atoms with Crippen LogP contribution in [-0.4, -0.2) is 78.7 Å². The molecular weight excluding hydrogens is 353 g/mol. The number of carbonyl (C=O) groups excluding carboxylic acids is 2. The molecule has 2 aliphatic heterocycles. The van der Waals surface area contributed by atoms with Crippen LogP contribution in [0.25, 0.3) is 0 Å². The van der Waals surface area contributed by atoms with Gasteiger partial charge in [-0.15, -0.1) is 0 Å². The number of ether oxygens (including phenoxy) is 2. The molecule has 8 heteroatoms. The van der Waals surface area contributed by atoms with Gasteiger partial charge >= 0.3 is 0 Å². The second kappa shape index (κ2) is 9.23. The van der Waals surface area contributed by atoms with E-state index in [9.17, 15) is 14.0 Å². The molecule has 0 N–H and O–H groups in total. The smallest absolute Gasteiger partial charge is 0.275 e. The van der Waals surface area contributed by atoms with Crippen molar-refractivity contribution in [1.29, 1.82) is 0 Å². The monoisotopic (exact) mass is 379 g/mol. The largest absolute Gasteiger partial charge is 0.381 e. The van der Waals surface area contributed by atoms with Crippen molar-refractivity contribution < 1.29 is 23.5 Å². The molecule has 27 heavy (non-hydrogen) atoms. The number of methoxy groups -OCH3 is 1. The van der Waals surface area contributed by atoms with E-state index in [2.05, 4.69) is 4.98 Å². The molecule has 3 rings (SSSR count). The Morgan fingerprint density at radius 3 is 2.81 bits per heavy atom. The predicted molar refractivity (Wildman–Crippen MR) is 95.7 cm³/mol. The van der Waals surface area contributed by atoms with Crippen LogP contribution >= 0.6 is 0 Å². The van der Waals surface area contributed by atoms with Gasteiger partial charge in [-0.25, -0.2) is 9.37 Å². The van der Waals surface area contributed by atoms with E-state index < -0.39 is 11.7 Å². The van der Waals surface area contributed by atoms with E-state index >= 15 is 0 Å². The average Bonchev–Trinajstić information content (AvgIpc) is 2.69. The second-order valence-corrected chi connectivity index (χ2v) is 6.96. The molecule has 0 aliphatic carbocycles. The van der Waals surface area contributed by atoms with Crippen molar-refractivity contribution in [3.05, 3.63) is 29.8 Å². The number of carbonyl (C=O) groups is 2. The Labute approximate surface area is 158 Å². The van der Waals surface area contributed by atoms with Gasteiger partial charge in [0, 0.05) is 51.7 Å². The Hall–Kier alpha value is -2.06. The minimum absolute atomic E-state index is 0.0106. The van der Waals surface area contributed by atoms with Gasteiger partial charge in [0.1, 0.15) is 6.61 Å². The Kier molecular flexibility index (Phi) is 6.73. The van der Waals surface area contributed by atoms with Crippen molar-refractivity contribution in [2.45, 2.75) is 37.8 Å². The number of hydrogen-bond acceptors (Lipinski definition) is 5. The molecule has 0 radical (unpaired) electrons. The number of halogens is 1. The highest BCUT2D eigenvalue weighted by molar-refractivity contribution is 5.92. The van der Waals surface area contributed by atoms with Gasteiger partial charge in [-0.1, -0.05) is 0 Å². The Morgan fingerprint density at radius 2 is 2.11 bits per heavy atom. The first-order chi connectivity index (χ1) is 13.1. The molecule has 0 bridgehead atoms. The molecule has 2 aliphatic rings. The highest BCUT2D eigenvalue weighted by Gasteiger charge is 2.36. The van der Waals surface area contributed by atoms with Crippen molar-refractivity contribution in [2.24, 2.45) is 0 Å². The first kappa shape index (κ1) is 19.7. The molecule has 7 nitrogen and oxygen atoms in total. The lowest BCUT2D eigenvalue weighted by Crippen LogP contribution is -2.57. The van der Waals surface area contributed by atoms with Crippen LogP contribution in [0.1, 0.15) is 36.2 Å². The normalized spacial score (nSPS) is 21.1. The molecular formula is C19H26FN3O4. The standard InChI is InChI=1S/C19H26FN3O4/c1-26-13-17(24)23(14-6-10-27-11-7-14)15-4-3-9-22(12-15)19(25)18-16(20)5-2-8-21-18/h2,5,8,14-15H,3-4,6-7,9-13H2,1H3. The SMILES string of the molecule is COCC(=O)N(C1CCOCC1)C1CCCN(C(=O)c2ncccc2F)C1. The van der Waals surface area contributed by atoms with Crippen LogP contribution in [-0.2, 0) is 14.3 Å². The number of piperidine rings is 1. The number of rotatable bonds is 5. The summed E-state index contributed by atoms with van der Waals surface area (Å²) in [4.78, 5) is 32.8. The second-order valence-electron chi connectivity index (χ2n) is 6.96. The Bertz CT molecular complexity index is 666. The van der Waals surface area contributed by atoms with Crippen molar-refractivity contribution >= 4 is 11.8 Å². The summed E-state index contributed by atoms with van der Waals surface area (Å²) in [6, 6.07) is 2.66. The van der Waals surface area contributed by atoms with E-state index in [4.69, 9.17) is 9.47 Å².